The first-order chi connectivity index (χ1) is 13.9. The molecule has 29 heavy (non-hydrogen) atoms. The number of nitrogens with zero attached hydrogens (tertiary/aromatic N) is 1. The van der Waals surface area contributed by atoms with Gasteiger partial charge >= 0.3 is 0 Å². The van der Waals surface area contributed by atoms with Gasteiger partial charge in [-0.25, -0.2) is 0 Å². The Morgan fingerprint density at radius 2 is 1.55 bits per heavy atom. The molecule has 148 valence electrons. The Morgan fingerprint density at radius 1 is 0.828 bits per heavy atom. The summed E-state index contributed by atoms with van der Waals surface area (Å²) in [5.41, 5.74) is 3.95. The normalized spacial score (nSPS) is 11.2. The third-order valence-corrected chi connectivity index (χ3v) is 5.89. The molecule has 0 bridgehead atoms. The van der Waals surface area contributed by atoms with E-state index < -0.39 is 0 Å². The molecule has 7 heteroatoms. The number of para-hydroxylation sites is 1. The lowest BCUT2D eigenvalue weighted by Gasteiger charge is -2.09. The van der Waals surface area contributed by atoms with Gasteiger partial charge in [0.1, 0.15) is 0 Å². The molecule has 3 aromatic carbocycles. The van der Waals surface area contributed by atoms with Gasteiger partial charge in [-0.2, -0.15) is 0 Å². The Labute approximate surface area is 188 Å². The minimum atomic E-state index is -0.115. The molecule has 4 rings (SSSR count). The van der Waals surface area contributed by atoms with Gasteiger partial charge in [0, 0.05) is 45.9 Å². The number of aromatic nitrogens is 1. The first-order valence-corrected chi connectivity index (χ1v) is 10.4. The predicted molar refractivity (Wildman–Crippen MR) is 123 cm³/mol. The van der Waals surface area contributed by atoms with Crippen LogP contribution in [-0.2, 0) is 13.1 Å². The molecule has 0 aliphatic carbocycles. The minimum Gasteiger partial charge on any atom is -0.505 e. The maximum absolute atomic E-state index is 9.73. The van der Waals surface area contributed by atoms with Gasteiger partial charge < -0.3 is 15.0 Å². The lowest BCUT2D eigenvalue weighted by molar-refractivity contribution is 0.476. The smallest absolute Gasteiger partial charge is 0.152 e. The van der Waals surface area contributed by atoms with Gasteiger partial charge in [-0.15, -0.1) is 0 Å². The van der Waals surface area contributed by atoms with Crippen LogP contribution in [0.25, 0.3) is 10.9 Å². The van der Waals surface area contributed by atoms with Crippen LogP contribution in [0.15, 0.2) is 60.8 Å². The zero-order chi connectivity index (χ0) is 20.5. The van der Waals surface area contributed by atoms with E-state index >= 15 is 0 Å². The van der Waals surface area contributed by atoms with Crippen molar-refractivity contribution < 1.29 is 5.11 Å². The standard InChI is InChI=1S/C22H16Cl4N2O/c23-15-6-5-13(18(24)7-15)11-28-12-14(17-3-1-2-4-21(17)28)10-27-16-8-19(25)22(29)20(26)9-16/h1-9,12,27,29H,10-11H2. The van der Waals surface area contributed by atoms with Crippen molar-refractivity contribution in [3.8, 4) is 5.75 Å². The van der Waals surface area contributed by atoms with Crippen molar-refractivity contribution in [1.82, 2.24) is 4.57 Å². The van der Waals surface area contributed by atoms with Gasteiger partial charge in [0.25, 0.3) is 0 Å². The number of hydrogen-bond donors (Lipinski definition) is 2. The van der Waals surface area contributed by atoms with Crippen LogP contribution in [0, 0.1) is 0 Å². The molecular weight excluding hydrogens is 450 g/mol. The summed E-state index contributed by atoms with van der Waals surface area (Å²) in [6, 6.07) is 17.0. The molecule has 4 aromatic rings. The van der Waals surface area contributed by atoms with Crippen LogP contribution in [0.3, 0.4) is 0 Å². The van der Waals surface area contributed by atoms with Gasteiger partial charge in [0.2, 0.25) is 0 Å². The number of phenolic OH excluding ortho intramolecular Hbond substituents is 1. The number of halogens is 4. The van der Waals surface area contributed by atoms with E-state index in [0.717, 1.165) is 27.7 Å². The number of anilines is 1. The monoisotopic (exact) mass is 464 g/mol. The van der Waals surface area contributed by atoms with Crippen LogP contribution < -0.4 is 5.32 Å². The van der Waals surface area contributed by atoms with E-state index in [-0.39, 0.29) is 15.8 Å². The third-order valence-electron chi connectivity index (χ3n) is 4.73. The van der Waals surface area contributed by atoms with E-state index in [9.17, 15) is 5.11 Å². The average molecular weight is 466 g/mol. The summed E-state index contributed by atoms with van der Waals surface area (Å²) in [4.78, 5) is 0. The van der Waals surface area contributed by atoms with E-state index in [4.69, 9.17) is 46.4 Å². The van der Waals surface area contributed by atoms with Gasteiger partial charge in [0.05, 0.1) is 10.0 Å². The van der Waals surface area contributed by atoms with E-state index in [1.165, 1.54) is 0 Å². The molecule has 2 N–H and O–H groups in total. The summed E-state index contributed by atoms with van der Waals surface area (Å²) >= 11 is 24.4. The van der Waals surface area contributed by atoms with Gasteiger partial charge in [-0.05, 0) is 41.5 Å². The molecule has 0 amide bonds. The first-order valence-electron chi connectivity index (χ1n) is 8.85. The highest BCUT2D eigenvalue weighted by Gasteiger charge is 2.11. The molecule has 0 saturated heterocycles. The molecule has 0 saturated carbocycles. The molecule has 0 fully saturated rings. The van der Waals surface area contributed by atoms with Crippen LogP contribution >= 0.6 is 46.4 Å². The van der Waals surface area contributed by atoms with E-state index in [1.807, 2.05) is 24.3 Å². The maximum Gasteiger partial charge on any atom is 0.152 e. The van der Waals surface area contributed by atoms with Crippen molar-refractivity contribution in [2.75, 3.05) is 5.32 Å². The SMILES string of the molecule is Oc1c(Cl)cc(NCc2cn(Cc3ccc(Cl)cc3Cl)c3ccccc23)cc1Cl. The zero-order valence-electron chi connectivity index (χ0n) is 15.1. The molecular formula is C22H16Cl4N2O. The first kappa shape index (κ1) is 20.2. The Kier molecular flexibility index (Phi) is 5.84. The fourth-order valence-corrected chi connectivity index (χ4v) is 4.25. The van der Waals surface area contributed by atoms with Gasteiger partial charge in [-0.1, -0.05) is 70.7 Å². The van der Waals surface area contributed by atoms with Crippen molar-refractivity contribution in [3.05, 3.63) is 92.0 Å². The van der Waals surface area contributed by atoms with Gasteiger partial charge in [-0.3, -0.25) is 0 Å². The highest BCUT2D eigenvalue weighted by molar-refractivity contribution is 6.37. The molecule has 0 aliphatic heterocycles. The Hall–Kier alpha value is -2.04. The van der Waals surface area contributed by atoms with Crippen LogP contribution in [-0.4, -0.2) is 9.67 Å². The number of nitrogens with one attached hydrogen (secondary N) is 1. The van der Waals surface area contributed by atoms with E-state index in [2.05, 4.69) is 28.2 Å². The van der Waals surface area contributed by atoms with Gasteiger partial charge in [0.15, 0.2) is 5.75 Å². The Balaban J connectivity index is 1.64. The van der Waals surface area contributed by atoms with E-state index in [0.29, 0.717) is 23.1 Å². The summed E-state index contributed by atoms with van der Waals surface area (Å²) in [7, 11) is 0. The maximum atomic E-state index is 9.73. The van der Waals surface area contributed by atoms with Crippen molar-refractivity contribution in [1.29, 1.82) is 0 Å². The second kappa shape index (κ2) is 8.37. The lowest BCUT2D eigenvalue weighted by Crippen LogP contribution is -2.00. The number of rotatable bonds is 5. The van der Waals surface area contributed by atoms with Crippen molar-refractivity contribution in [2.45, 2.75) is 13.1 Å². The van der Waals surface area contributed by atoms with Crippen molar-refractivity contribution in [3.63, 3.8) is 0 Å². The van der Waals surface area contributed by atoms with Crippen molar-refractivity contribution >= 4 is 63.0 Å². The summed E-state index contributed by atoms with van der Waals surface area (Å²) in [6.07, 6.45) is 2.10. The summed E-state index contributed by atoms with van der Waals surface area (Å²) < 4.78 is 2.16. The highest BCUT2D eigenvalue weighted by atomic mass is 35.5. The van der Waals surface area contributed by atoms with Crippen LogP contribution in [0.1, 0.15) is 11.1 Å². The second-order valence-corrected chi connectivity index (χ2v) is 8.34. The number of benzene rings is 3. The summed E-state index contributed by atoms with van der Waals surface area (Å²) in [5, 5.41) is 15.9. The average Bonchev–Trinajstić information content (AvgIpc) is 3.04. The predicted octanol–water partition coefficient (Wildman–Crippen LogP) is 7.62. The number of fused-ring (bicyclic) bond motifs is 1. The molecule has 0 atom stereocenters. The number of hydrogen-bond acceptors (Lipinski definition) is 2. The highest BCUT2D eigenvalue weighted by Crippen LogP contribution is 2.35. The number of aromatic hydroxyl groups is 1. The van der Waals surface area contributed by atoms with Crippen molar-refractivity contribution in [2.24, 2.45) is 0 Å². The lowest BCUT2D eigenvalue weighted by atomic mass is 10.1. The van der Waals surface area contributed by atoms with Crippen LogP contribution in [0.5, 0.6) is 5.75 Å². The fourth-order valence-electron chi connectivity index (χ4n) is 3.29. The quantitative estimate of drug-likeness (QED) is 0.297. The minimum absolute atomic E-state index is 0.115. The van der Waals surface area contributed by atoms with Crippen LogP contribution in [0.4, 0.5) is 5.69 Å². The third kappa shape index (κ3) is 4.29. The Bertz CT molecular complexity index is 1180. The van der Waals surface area contributed by atoms with E-state index in [1.54, 1.807) is 18.2 Å². The second-order valence-electron chi connectivity index (χ2n) is 6.68. The molecule has 1 heterocycles. The molecule has 1 aromatic heterocycles. The molecule has 3 nitrogen and oxygen atoms in total. The summed E-state index contributed by atoms with van der Waals surface area (Å²) in [5.74, 6) is -0.115. The Morgan fingerprint density at radius 3 is 2.28 bits per heavy atom. The molecule has 0 unspecified atom stereocenters. The molecule has 0 radical (unpaired) electrons. The molecule has 0 aliphatic rings. The zero-order valence-corrected chi connectivity index (χ0v) is 18.1. The largest absolute Gasteiger partial charge is 0.505 e. The molecule has 0 spiro atoms. The topological polar surface area (TPSA) is 37.2 Å². The fraction of sp³-hybridized carbons (Fsp3) is 0.0909. The summed E-state index contributed by atoms with van der Waals surface area (Å²) in [6.45, 7) is 1.20. The number of phenols is 1. The van der Waals surface area contributed by atoms with Crippen LogP contribution in [0.2, 0.25) is 20.1 Å².